The van der Waals surface area contributed by atoms with Gasteiger partial charge in [0.15, 0.2) is 5.16 Å². The smallest absolute Gasteiger partial charge is 0.244 e. The van der Waals surface area contributed by atoms with E-state index in [-0.39, 0.29) is 24.1 Å². The van der Waals surface area contributed by atoms with Gasteiger partial charge in [-0.3, -0.25) is 9.59 Å². The molecular weight excluding hydrogens is 398 g/mol. The van der Waals surface area contributed by atoms with Gasteiger partial charge in [-0.05, 0) is 50.7 Å². The van der Waals surface area contributed by atoms with Gasteiger partial charge in [0.25, 0.3) is 0 Å². The minimum absolute atomic E-state index is 0.0416. The molecule has 1 aromatic carbocycles. The number of hydrogen-bond donors (Lipinski definition) is 1. The Bertz CT molecular complexity index is 920. The number of carbonyl (C=O) groups excluding carboxylic acids is 2. The number of aromatic nitrogens is 3. The van der Waals surface area contributed by atoms with E-state index < -0.39 is 0 Å². The molecular formula is C22H29N5O2S. The summed E-state index contributed by atoms with van der Waals surface area (Å²) in [5, 5.41) is 12.5. The van der Waals surface area contributed by atoms with Gasteiger partial charge in [0.2, 0.25) is 11.8 Å². The Morgan fingerprint density at radius 1 is 1.20 bits per heavy atom. The van der Waals surface area contributed by atoms with Crippen LogP contribution in [0.1, 0.15) is 62.4 Å². The summed E-state index contributed by atoms with van der Waals surface area (Å²) in [5.74, 6) is 1.70. The predicted molar refractivity (Wildman–Crippen MR) is 118 cm³/mol. The lowest BCUT2D eigenvalue weighted by atomic mass is 10.2. The Balaban J connectivity index is 1.36. The first-order chi connectivity index (χ1) is 14.6. The first-order valence-corrected chi connectivity index (χ1v) is 11.8. The summed E-state index contributed by atoms with van der Waals surface area (Å²) < 4.78 is 2.25. The molecule has 0 aliphatic heterocycles. The number of nitrogens with zero attached hydrogens (tertiary/aromatic N) is 4. The Hall–Kier alpha value is -2.35. The van der Waals surface area contributed by atoms with E-state index in [0.29, 0.717) is 18.5 Å². The number of aryl methyl sites for hydroxylation is 1. The van der Waals surface area contributed by atoms with E-state index >= 15 is 0 Å². The number of nitrogens with one attached hydrogen (secondary N) is 1. The third kappa shape index (κ3) is 5.03. The third-order valence-corrected chi connectivity index (χ3v) is 6.40. The Morgan fingerprint density at radius 3 is 2.63 bits per heavy atom. The molecule has 0 bridgehead atoms. The molecule has 4 rings (SSSR count). The van der Waals surface area contributed by atoms with E-state index in [2.05, 4.69) is 20.1 Å². The number of thioether (sulfide) groups is 1. The van der Waals surface area contributed by atoms with Crippen molar-refractivity contribution in [2.45, 2.75) is 63.1 Å². The summed E-state index contributed by atoms with van der Waals surface area (Å²) in [6.07, 6.45) is 5.52. The number of anilines is 1. The molecule has 2 aliphatic carbocycles. The zero-order valence-electron chi connectivity index (χ0n) is 17.6. The third-order valence-electron chi connectivity index (χ3n) is 5.47. The number of rotatable bonds is 10. The number of hydrogen-bond acceptors (Lipinski definition) is 5. The first-order valence-electron chi connectivity index (χ1n) is 10.8. The van der Waals surface area contributed by atoms with Crippen LogP contribution in [0.4, 0.5) is 5.69 Å². The molecule has 1 heterocycles. The number of para-hydroxylation sites is 1. The van der Waals surface area contributed by atoms with Gasteiger partial charge < -0.3 is 14.8 Å². The van der Waals surface area contributed by atoms with Crippen molar-refractivity contribution < 1.29 is 9.59 Å². The molecule has 2 aromatic rings. The van der Waals surface area contributed by atoms with Gasteiger partial charge in [0.1, 0.15) is 5.82 Å². The minimum Gasteiger partial charge on any atom is -0.333 e. The molecule has 2 saturated carbocycles. The minimum atomic E-state index is -0.173. The van der Waals surface area contributed by atoms with Gasteiger partial charge in [-0.1, -0.05) is 36.9 Å². The highest BCUT2D eigenvalue weighted by molar-refractivity contribution is 7.99. The molecule has 0 spiro atoms. The molecule has 0 unspecified atom stereocenters. The van der Waals surface area contributed by atoms with Gasteiger partial charge >= 0.3 is 0 Å². The zero-order valence-corrected chi connectivity index (χ0v) is 18.5. The van der Waals surface area contributed by atoms with Crippen molar-refractivity contribution in [1.82, 2.24) is 19.7 Å². The maximum atomic E-state index is 12.9. The fourth-order valence-corrected chi connectivity index (χ4v) is 4.45. The van der Waals surface area contributed by atoms with Crippen molar-refractivity contribution in [2.75, 3.05) is 24.2 Å². The van der Waals surface area contributed by atoms with E-state index in [0.717, 1.165) is 28.7 Å². The summed E-state index contributed by atoms with van der Waals surface area (Å²) in [5.41, 5.74) is 1.78. The highest BCUT2D eigenvalue weighted by Crippen LogP contribution is 2.46. The van der Waals surface area contributed by atoms with Crippen molar-refractivity contribution in [3.05, 3.63) is 35.7 Å². The topological polar surface area (TPSA) is 80.1 Å². The molecule has 1 aromatic heterocycles. The molecule has 0 saturated heterocycles. The van der Waals surface area contributed by atoms with Gasteiger partial charge in [-0.15, -0.1) is 10.2 Å². The lowest BCUT2D eigenvalue weighted by Gasteiger charge is -2.21. The standard InChI is InChI=1S/C22H29N5O2S/c1-3-12-26(13-19(28)23-18-7-5-4-6-15(18)2)20(29)14-30-22-25-24-21(16-8-9-16)27(22)17-10-11-17/h4-7,16-17H,3,8-14H2,1-2H3,(H,23,28). The van der Waals surface area contributed by atoms with Crippen LogP contribution in [-0.4, -0.2) is 50.3 Å². The van der Waals surface area contributed by atoms with Crippen molar-refractivity contribution in [1.29, 1.82) is 0 Å². The van der Waals surface area contributed by atoms with E-state index in [4.69, 9.17) is 0 Å². The van der Waals surface area contributed by atoms with Crippen molar-refractivity contribution in [3.63, 3.8) is 0 Å². The van der Waals surface area contributed by atoms with Crippen LogP contribution in [0, 0.1) is 6.92 Å². The molecule has 160 valence electrons. The monoisotopic (exact) mass is 427 g/mol. The molecule has 1 N–H and O–H groups in total. The number of amides is 2. The Morgan fingerprint density at radius 2 is 1.97 bits per heavy atom. The molecule has 0 radical (unpaired) electrons. The Kier molecular flexibility index (Phi) is 6.41. The normalized spacial score (nSPS) is 15.8. The largest absolute Gasteiger partial charge is 0.333 e. The van der Waals surface area contributed by atoms with Crippen LogP contribution in [-0.2, 0) is 9.59 Å². The SMILES string of the molecule is CCCN(CC(=O)Nc1ccccc1C)C(=O)CSc1nnc(C2CC2)n1C1CC1. The molecule has 30 heavy (non-hydrogen) atoms. The van der Waals surface area contributed by atoms with Gasteiger partial charge in [0.05, 0.1) is 12.3 Å². The fraction of sp³-hybridized carbons (Fsp3) is 0.545. The van der Waals surface area contributed by atoms with Crippen LogP contribution >= 0.6 is 11.8 Å². The Labute approximate surface area is 181 Å². The van der Waals surface area contributed by atoms with Crippen molar-refractivity contribution >= 4 is 29.3 Å². The van der Waals surface area contributed by atoms with E-state index in [1.165, 1.54) is 37.4 Å². The van der Waals surface area contributed by atoms with E-state index in [1.54, 1.807) is 4.90 Å². The average molecular weight is 428 g/mol. The summed E-state index contributed by atoms with van der Waals surface area (Å²) in [7, 11) is 0. The maximum absolute atomic E-state index is 12.9. The van der Waals surface area contributed by atoms with Gasteiger partial charge in [-0.25, -0.2) is 0 Å². The van der Waals surface area contributed by atoms with E-state index in [9.17, 15) is 9.59 Å². The summed E-state index contributed by atoms with van der Waals surface area (Å²) in [6, 6.07) is 8.15. The van der Waals surface area contributed by atoms with Crippen LogP contribution < -0.4 is 5.32 Å². The van der Waals surface area contributed by atoms with Crippen molar-refractivity contribution in [3.8, 4) is 0 Å². The highest BCUT2D eigenvalue weighted by Gasteiger charge is 2.36. The lowest BCUT2D eigenvalue weighted by molar-refractivity contribution is -0.132. The maximum Gasteiger partial charge on any atom is 0.244 e. The summed E-state index contributed by atoms with van der Waals surface area (Å²) in [6.45, 7) is 4.58. The fourth-order valence-electron chi connectivity index (χ4n) is 3.54. The lowest BCUT2D eigenvalue weighted by Crippen LogP contribution is -2.39. The van der Waals surface area contributed by atoms with Gasteiger partial charge in [0, 0.05) is 24.2 Å². The molecule has 7 nitrogen and oxygen atoms in total. The van der Waals surface area contributed by atoms with Crippen LogP contribution in [0.25, 0.3) is 0 Å². The zero-order chi connectivity index (χ0) is 21.1. The molecule has 2 amide bonds. The summed E-state index contributed by atoms with van der Waals surface area (Å²) in [4.78, 5) is 27.0. The van der Waals surface area contributed by atoms with Gasteiger partial charge in [-0.2, -0.15) is 0 Å². The molecule has 2 aliphatic rings. The second-order valence-corrected chi connectivity index (χ2v) is 9.13. The van der Waals surface area contributed by atoms with Crippen molar-refractivity contribution in [2.24, 2.45) is 0 Å². The molecule has 0 atom stereocenters. The van der Waals surface area contributed by atoms with Crippen LogP contribution in [0.15, 0.2) is 29.4 Å². The molecule has 2 fully saturated rings. The quantitative estimate of drug-likeness (QED) is 0.584. The average Bonchev–Trinajstić information content (AvgIpc) is 3.66. The second-order valence-electron chi connectivity index (χ2n) is 8.18. The first kappa shape index (κ1) is 20.9. The van der Waals surface area contributed by atoms with Crippen LogP contribution in [0.3, 0.4) is 0 Å². The second kappa shape index (κ2) is 9.20. The molecule has 8 heteroatoms. The highest BCUT2D eigenvalue weighted by atomic mass is 32.2. The van der Waals surface area contributed by atoms with E-state index in [1.807, 2.05) is 38.1 Å². The summed E-state index contributed by atoms with van der Waals surface area (Å²) >= 11 is 1.44. The van der Waals surface area contributed by atoms with Crippen LogP contribution in [0.2, 0.25) is 0 Å². The van der Waals surface area contributed by atoms with Crippen LogP contribution in [0.5, 0.6) is 0 Å². The number of carbonyl (C=O) groups is 2. The number of benzene rings is 1. The predicted octanol–water partition coefficient (Wildman–Crippen LogP) is 3.77.